The van der Waals surface area contributed by atoms with E-state index in [1.54, 1.807) is 0 Å². The van der Waals surface area contributed by atoms with Gasteiger partial charge in [-0.25, -0.2) is 0 Å². The molecular weight excluding hydrogens is 239 g/mol. The van der Waals surface area contributed by atoms with Crippen LogP contribution in [0.2, 0.25) is 0 Å². The van der Waals surface area contributed by atoms with Gasteiger partial charge in [0.1, 0.15) is 5.00 Å². The van der Waals surface area contributed by atoms with Crippen molar-refractivity contribution in [3.8, 4) is 0 Å². The Hall–Kier alpha value is -0.850. The molecule has 1 N–H and O–H groups in total. The first kappa shape index (κ1) is 11.6. The van der Waals surface area contributed by atoms with E-state index in [1.807, 2.05) is 0 Å². The zero-order valence-electron chi connectivity index (χ0n) is 8.50. The summed E-state index contributed by atoms with van der Waals surface area (Å²) in [6, 6.07) is -0.531. The van der Waals surface area contributed by atoms with Gasteiger partial charge in [-0.1, -0.05) is 17.3 Å². The van der Waals surface area contributed by atoms with Crippen molar-refractivity contribution < 1.29 is 13.2 Å². The molecular formula is C9H12F3N3S. The first-order valence-corrected chi connectivity index (χ1v) is 5.95. The summed E-state index contributed by atoms with van der Waals surface area (Å²) >= 11 is 1.09. The molecule has 2 unspecified atom stereocenters. The highest BCUT2D eigenvalue weighted by atomic mass is 32.1. The van der Waals surface area contributed by atoms with Crippen molar-refractivity contribution in [3.05, 3.63) is 6.20 Å². The van der Waals surface area contributed by atoms with Crippen LogP contribution < -0.4 is 5.32 Å². The molecule has 1 aromatic heterocycles. The lowest BCUT2D eigenvalue weighted by molar-refractivity contribution is -0.184. The Morgan fingerprint density at radius 1 is 1.31 bits per heavy atom. The number of anilines is 1. The Labute approximate surface area is 95.2 Å². The molecule has 0 bridgehead atoms. The van der Waals surface area contributed by atoms with E-state index in [1.165, 1.54) is 6.20 Å². The van der Waals surface area contributed by atoms with Gasteiger partial charge in [-0.2, -0.15) is 13.2 Å². The summed E-state index contributed by atoms with van der Waals surface area (Å²) in [4.78, 5) is 0. The van der Waals surface area contributed by atoms with Gasteiger partial charge in [-0.05, 0) is 12.8 Å². The largest absolute Gasteiger partial charge is 0.393 e. The maximum Gasteiger partial charge on any atom is 0.393 e. The lowest BCUT2D eigenvalue weighted by Crippen LogP contribution is -2.41. The third-order valence-electron chi connectivity index (χ3n) is 2.88. The normalized spacial score (nSPS) is 26.7. The number of aromatic nitrogens is 2. The van der Waals surface area contributed by atoms with Crippen LogP contribution in [0.4, 0.5) is 18.2 Å². The number of rotatable bonds is 2. The summed E-state index contributed by atoms with van der Waals surface area (Å²) in [5.41, 5.74) is 0. The lowest BCUT2D eigenvalue weighted by Gasteiger charge is -2.33. The molecule has 0 aliphatic heterocycles. The predicted octanol–water partition coefficient (Wildman–Crippen LogP) is 3.07. The second-order valence-corrected chi connectivity index (χ2v) is 4.75. The van der Waals surface area contributed by atoms with Crippen molar-refractivity contribution in [1.82, 2.24) is 9.59 Å². The molecule has 16 heavy (non-hydrogen) atoms. The molecule has 7 heteroatoms. The van der Waals surface area contributed by atoms with Crippen LogP contribution in [0.5, 0.6) is 0 Å². The van der Waals surface area contributed by atoms with E-state index in [9.17, 15) is 13.2 Å². The topological polar surface area (TPSA) is 37.8 Å². The number of hydrogen-bond acceptors (Lipinski definition) is 4. The van der Waals surface area contributed by atoms with Crippen molar-refractivity contribution in [2.75, 3.05) is 5.32 Å². The molecule has 2 rings (SSSR count). The van der Waals surface area contributed by atoms with Gasteiger partial charge < -0.3 is 5.32 Å². The average Bonchev–Trinajstić information content (AvgIpc) is 2.70. The number of nitrogens with one attached hydrogen (secondary N) is 1. The molecule has 2 atom stereocenters. The summed E-state index contributed by atoms with van der Waals surface area (Å²) in [7, 11) is 0. The van der Waals surface area contributed by atoms with Gasteiger partial charge in [-0.3, -0.25) is 0 Å². The highest BCUT2D eigenvalue weighted by molar-refractivity contribution is 7.09. The molecule has 1 aliphatic carbocycles. The van der Waals surface area contributed by atoms with Crippen LogP contribution in [0.15, 0.2) is 6.20 Å². The zero-order valence-corrected chi connectivity index (χ0v) is 9.31. The van der Waals surface area contributed by atoms with E-state index in [-0.39, 0.29) is 6.42 Å². The lowest BCUT2D eigenvalue weighted by atomic mass is 9.84. The minimum Gasteiger partial charge on any atom is -0.371 e. The first-order valence-electron chi connectivity index (χ1n) is 5.18. The molecule has 1 saturated carbocycles. The highest BCUT2D eigenvalue weighted by Crippen LogP contribution is 2.39. The van der Waals surface area contributed by atoms with Crippen LogP contribution in [0, 0.1) is 5.92 Å². The van der Waals surface area contributed by atoms with Crippen molar-refractivity contribution in [2.45, 2.75) is 37.9 Å². The molecule has 0 spiro atoms. The van der Waals surface area contributed by atoms with Gasteiger partial charge >= 0.3 is 6.18 Å². The molecule has 1 heterocycles. The third kappa shape index (κ3) is 2.63. The summed E-state index contributed by atoms with van der Waals surface area (Å²) < 4.78 is 41.9. The van der Waals surface area contributed by atoms with Crippen molar-refractivity contribution in [2.24, 2.45) is 5.92 Å². The number of halogens is 3. The molecule has 90 valence electrons. The average molecular weight is 251 g/mol. The van der Waals surface area contributed by atoms with Crippen molar-refractivity contribution in [3.63, 3.8) is 0 Å². The Morgan fingerprint density at radius 2 is 2.06 bits per heavy atom. The van der Waals surface area contributed by atoms with Crippen LogP contribution in [-0.2, 0) is 0 Å². The van der Waals surface area contributed by atoms with Crippen LogP contribution in [0.1, 0.15) is 25.7 Å². The summed E-state index contributed by atoms with van der Waals surface area (Å²) in [5.74, 6) is -1.25. The monoisotopic (exact) mass is 251 g/mol. The van der Waals surface area contributed by atoms with E-state index < -0.39 is 18.1 Å². The summed E-state index contributed by atoms with van der Waals surface area (Å²) in [6.07, 6.45) is -0.377. The van der Waals surface area contributed by atoms with Gasteiger partial charge in [0, 0.05) is 17.6 Å². The maximum atomic E-state index is 12.8. The van der Waals surface area contributed by atoms with E-state index in [0.29, 0.717) is 17.8 Å². The van der Waals surface area contributed by atoms with Crippen LogP contribution in [0.3, 0.4) is 0 Å². The van der Waals surface area contributed by atoms with Crippen LogP contribution >= 0.6 is 11.5 Å². The van der Waals surface area contributed by atoms with Crippen LogP contribution in [-0.4, -0.2) is 21.8 Å². The SMILES string of the molecule is FC(F)(F)C1CCCCC1Nc1cnns1. The quantitative estimate of drug-likeness (QED) is 0.877. The van der Waals surface area contributed by atoms with Crippen LogP contribution in [0.25, 0.3) is 0 Å². The van der Waals surface area contributed by atoms with Gasteiger partial charge in [0.05, 0.1) is 12.1 Å². The van der Waals surface area contributed by atoms with Gasteiger partial charge in [0.2, 0.25) is 0 Å². The molecule has 1 aromatic rings. The second kappa shape index (κ2) is 4.57. The standard InChI is InChI=1S/C9H12F3N3S/c10-9(11,12)6-3-1-2-4-7(6)14-8-5-13-15-16-8/h5-7,14H,1-4H2. The second-order valence-electron chi connectivity index (χ2n) is 3.97. The fourth-order valence-electron chi connectivity index (χ4n) is 2.11. The molecule has 0 saturated heterocycles. The summed E-state index contributed by atoms with van der Waals surface area (Å²) in [6.45, 7) is 0. The molecule has 1 aliphatic rings. The Balaban J connectivity index is 2.05. The van der Waals surface area contributed by atoms with E-state index >= 15 is 0 Å². The fourth-order valence-corrected chi connectivity index (χ4v) is 2.59. The van der Waals surface area contributed by atoms with Gasteiger partial charge in [0.25, 0.3) is 0 Å². The molecule has 3 nitrogen and oxygen atoms in total. The number of alkyl halides is 3. The zero-order chi connectivity index (χ0) is 11.6. The predicted molar refractivity (Wildman–Crippen MR) is 55.3 cm³/mol. The third-order valence-corrected chi connectivity index (χ3v) is 3.47. The molecule has 0 aromatic carbocycles. The van der Waals surface area contributed by atoms with Crippen molar-refractivity contribution >= 4 is 16.5 Å². The van der Waals surface area contributed by atoms with E-state index in [4.69, 9.17) is 0 Å². The minimum absolute atomic E-state index is 0.216. The molecule has 0 amide bonds. The van der Waals surface area contributed by atoms with E-state index in [0.717, 1.165) is 18.0 Å². The van der Waals surface area contributed by atoms with Gasteiger partial charge in [0.15, 0.2) is 0 Å². The maximum absolute atomic E-state index is 12.8. The Morgan fingerprint density at radius 3 is 2.69 bits per heavy atom. The first-order chi connectivity index (χ1) is 7.57. The molecule has 1 fully saturated rings. The smallest absolute Gasteiger partial charge is 0.371 e. The number of nitrogens with zero attached hydrogens (tertiary/aromatic N) is 2. The Bertz CT molecular complexity index is 325. The Kier molecular flexibility index (Phi) is 3.32. The minimum atomic E-state index is -4.11. The summed E-state index contributed by atoms with van der Waals surface area (Å²) in [5, 5.41) is 7.10. The fraction of sp³-hybridized carbons (Fsp3) is 0.778. The van der Waals surface area contributed by atoms with Gasteiger partial charge in [-0.15, -0.1) is 5.10 Å². The highest BCUT2D eigenvalue weighted by Gasteiger charge is 2.45. The number of hydrogen-bond donors (Lipinski definition) is 1. The van der Waals surface area contributed by atoms with Crippen molar-refractivity contribution in [1.29, 1.82) is 0 Å². The van der Waals surface area contributed by atoms with E-state index in [2.05, 4.69) is 14.9 Å². The molecule has 0 radical (unpaired) electrons.